The lowest BCUT2D eigenvalue weighted by atomic mass is 10.0. The molecule has 0 amide bonds. The second-order valence-corrected chi connectivity index (χ2v) is 7.19. The van der Waals surface area contributed by atoms with E-state index in [2.05, 4.69) is 20.7 Å². The Morgan fingerprint density at radius 3 is 2.78 bits per heavy atom. The Balaban J connectivity index is 0.00000210. The predicted molar refractivity (Wildman–Crippen MR) is 99.5 cm³/mol. The van der Waals surface area contributed by atoms with Gasteiger partial charge >= 0.3 is 6.18 Å². The van der Waals surface area contributed by atoms with Crippen LogP contribution in [-0.2, 0) is 6.18 Å². The van der Waals surface area contributed by atoms with Gasteiger partial charge in [-0.3, -0.25) is 0 Å². The van der Waals surface area contributed by atoms with Crippen molar-refractivity contribution >= 4 is 35.2 Å². The first kappa shape index (κ1) is 19.9. The second-order valence-electron chi connectivity index (χ2n) is 6.10. The maximum Gasteiger partial charge on any atom is 0.425 e. The number of aliphatic hydroxyl groups excluding tert-OH is 1. The maximum atomic E-state index is 12.9. The van der Waals surface area contributed by atoms with E-state index in [1.807, 2.05) is 0 Å². The number of rotatable bonds is 3. The highest BCUT2D eigenvalue weighted by molar-refractivity contribution is 7.15. The fourth-order valence-corrected chi connectivity index (χ4v) is 3.82. The zero-order chi connectivity index (χ0) is 18.3. The van der Waals surface area contributed by atoms with Crippen molar-refractivity contribution in [2.24, 2.45) is 0 Å². The SMILES string of the molecule is Cl.O[C@@H]1CNCC[C@H]1Nc1ccc2ncc(-c3ccc(C(F)(F)F)s3)n2n1. The fourth-order valence-electron chi connectivity index (χ4n) is 2.95. The van der Waals surface area contributed by atoms with Gasteiger partial charge in [-0.15, -0.1) is 28.8 Å². The largest absolute Gasteiger partial charge is 0.425 e. The molecular weight excluding hydrogens is 403 g/mol. The van der Waals surface area contributed by atoms with Gasteiger partial charge in [-0.05, 0) is 37.2 Å². The standard InChI is InChI=1S/C16H16F3N5OS.ClH/c17-16(18,19)13-2-1-12(26-13)10-7-21-15-4-3-14(23-24(10)15)22-9-5-6-20-8-11(9)25;/h1-4,7,9,11,20,25H,5-6,8H2,(H,22,23);1H/t9-,11-;/m1./s1. The quantitative estimate of drug-likeness (QED) is 0.608. The summed E-state index contributed by atoms with van der Waals surface area (Å²) in [6, 6.07) is 5.84. The van der Waals surface area contributed by atoms with E-state index in [0.29, 0.717) is 39.9 Å². The third-order valence-corrected chi connectivity index (χ3v) is 5.44. The number of β-amino-alcohol motifs (C(OH)–C–C–N with tert-alkyl or cyclic N) is 1. The number of halogens is 4. The first-order valence-electron chi connectivity index (χ1n) is 8.09. The molecule has 1 aliphatic rings. The molecule has 3 aromatic heterocycles. The van der Waals surface area contributed by atoms with Crippen molar-refractivity contribution in [3.05, 3.63) is 35.3 Å². The number of imidazole rings is 1. The van der Waals surface area contributed by atoms with Crippen LogP contribution in [0.1, 0.15) is 11.3 Å². The molecule has 3 N–H and O–H groups in total. The summed E-state index contributed by atoms with van der Waals surface area (Å²) in [5.74, 6) is 0.537. The average molecular weight is 420 g/mol. The molecule has 0 saturated carbocycles. The highest BCUT2D eigenvalue weighted by Crippen LogP contribution is 2.38. The van der Waals surface area contributed by atoms with Gasteiger partial charge in [0, 0.05) is 6.54 Å². The van der Waals surface area contributed by atoms with E-state index in [1.165, 1.54) is 16.8 Å². The number of piperidine rings is 1. The summed E-state index contributed by atoms with van der Waals surface area (Å²) in [5, 5.41) is 20.8. The summed E-state index contributed by atoms with van der Waals surface area (Å²) in [7, 11) is 0. The molecule has 6 nitrogen and oxygen atoms in total. The summed E-state index contributed by atoms with van der Waals surface area (Å²) in [5.41, 5.74) is 1.04. The number of nitrogens with one attached hydrogen (secondary N) is 2. The van der Waals surface area contributed by atoms with Crippen LogP contribution in [0.5, 0.6) is 0 Å². The molecule has 0 aliphatic carbocycles. The lowest BCUT2D eigenvalue weighted by Crippen LogP contribution is -2.47. The molecule has 0 radical (unpaired) electrons. The molecular formula is C16H17ClF3N5OS. The molecule has 1 fully saturated rings. The van der Waals surface area contributed by atoms with E-state index >= 15 is 0 Å². The van der Waals surface area contributed by atoms with E-state index in [0.717, 1.165) is 19.0 Å². The van der Waals surface area contributed by atoms with Gasteiger partial charge in [-0.2, -0.15) is 13.2 Å². The predicted octanol–water partition coefficient (Wildman–Crippen LogP) is 3.03. The number of anilines is 1. The van der Waals surface area contributed by atoms with Crippen molar-refractivity contribution in [1.29, 1.82) is 0 Å². The lowest BCUT2D eigenvalue weighted by Gasteiger charge is -2.29. The molecule has 1 aliphatic heterocycles. The van der Waals surface area contributed by atoms with Gasteiger partial charge in [0.1, 0.15) is 16.4 Å². The van der Waals surface area contributed by atoms with Crippen molar-refractivity contribution in [2.75, 3.05) is 18.4 Å². The summed E-state index contributed by atoms with van der Waals surface area (Å²) < 4.78 is 40.1. The Morgan fingerprint density at radius 1 is 1.26 bits per heavy atom. The molecule has 0 bridgehead atoms. The molecule has 11 heteroatoms. The van der Waals surface area contributed by atoms with Gasteiger partial charge < -0.3 is 15.7 Å². The van der Waals surface area contributed by atoms with Crippen molar-refractivity contribution in [3.8, 4) is 10.6 Å². The van der Waals surface area contributed by atoms with Crippen molar-refractivity contribution in [1.82, 2.24) is 19.9 Å². The van der Waals surface area contributed by atoms with Crippen LogP contribution in [0.3, 0.4) is 0 Å². The van der Waals surface area contributed by atoms with Crippen LogP contribution in [0, 0.1) is 0 Å². The van der Waals surface area contributed by atoms with Crippen LogP contribution in [0.4, 0.5) is 19.0 Å². The third-order valence-electron chi connectivity index (χ3n) is 4.28. The zero-order valence-electron chi connectivity index (χ0n) is 13.9. The molecule has 146 valence electrons. The Bertz CT molecular complexity index is 928. The zero-order valence-corrected chi connectivity index (χ0v) is 15.5. The summed E-state index contributed by atoms with van der Waals surface area (Å²) in [6.45, 7) is 1.30. The highest BCUT2D eigenvalue weighted by Gasteiger charge is 2.32. The van der Waals surface area contributed by atoms with Crippen molar-refractivity contribution in [3.63, 3.8) is 0 Å². The van der Waals surface area contributed by atoms with Crippen LogP contribution in [0.2, 0.25) is 0 Å². The number of aliphatic hydroxyl groups is 1. The molecule has 27 heavy (non-hydrogen) atoms. The minimum atomic E-state index is -4.37. The average Bonchev–Trinajstić information content (AvgIpc) is 3.22. The summed E-state index contributed by atoms with van der Waals surface area (Å²) >= 11 is 0.660. The van der Waals surface area contributed by atoms with Crippen LogP contribution in [0.25, 0.3) is 16.2 Å². The normalized spacial score (nSPS) is 20.4. The minimum absolute atomic E-state index is 0. The Hall–Kier alpha value is -1.88. The smallest absolute Gasteiger partial charge is 0.390 e. The Labute approximate surface area is 162 Å². The van der Waals surface area contributed by atoms with Gasteiger partial charge in [0.25, 0.3) is 0 Å². The van der Waals surface area contributed by atoms with Gasteiger partial charge in [-0.25, -0.2) is 9.50 Å². The second kappa shape index (κ2) is 7.63. The number of fused-ring (bicyclic) bond motifs is 1. The molecule has 2 atom stereocenters. The van der Waals surface area contributed by atoms with E-state index < -0.39 is 17.2 Å². The Morgan fingerprint density at radius 2 is 2.07 bits per heavy atom. The number of nitrogens with zero attached hydrogens (tertiary/aromatic N) is 3. The van der Waals surface area contributed by atoms with E-state index in [4.69, 9.17) is 0 Å². The van der Waals surface area contributed by atoms with Crippen molar-refractivity contribution in [2.45, 2.75) is 24.7 Å². The van der Waals surface area contributed by atoms with Gasteiger partial charge in [0.05, 0.1) is 23.2 Å². The highest BCUT2D eigenvalue weighted by atomic mass is 35.5. The molecule has 1 saturated heterocycles. The maximum absolute atomic E-state index is 12.9. The van der Waals surface area contributed by atoms with Crippen molar-refractivity contribution < 1.29 is 18.3 Å². The molecule has 4 heterocycles. The molecule has 0 aromatic carbocycles. The minimum Gasteiger partial charge on any atom is -0.390 e. The number of hydrogen-bond acceptors (Lipinski definition) is 6. The molecule has 3 aromatic rings. The summed E-state index contributed by atoms with van der Waals surface area (Å²) in [4.78, 5) is 3.99. The fraction of sp³-hybridized carbons (Fsp3) is 0.375. The number of alkyl halides is 3. The van der Waals surface area contributed by atoms with Gasteiger partial charge in [0.2, 0.25) is 0 Å². The van der Waals surface area contributed by atoms with Crippen LogP contribution in [0.15, 0.2) is 30.5 Å². The first-order valence-corrected chi connectivity index (χ1v) is 8.91. The molecule has 0 unspecified atom stereocenters. The number of thiophene rings is 1. The third kappa shape index (κ3) is 4.03. The number of hydrogen-bond donors (Lipinski definition) is 3. The van der Waals surface area contributed by atoms with Crippen LogP contribution < -0.4 is 10.6 Å². The molecule has 0 spiro atoms. The molecule has 4 rings (SSSR count). The summed E-state index contributed by atoms with van der Waals surface area (Å²) in [6.07, 6.45) is -2.64. The van der Waals surface area contributed by atoms with Crippen LogP contribution >= 0.6 is 23.7 Å². The van der Waals surface area contributed by atoms with E-state index in [1.54, 1.807) is 12.1 Å². The van der Waals surface area contributed by atoms with Gasteiger partial charge in [0.15, 0.2) is 5.65 Å². The first-order chi connectivity index (χ1) is 12.4. The monoisotopic (exact) mass is 419 g/mol. The topological polar surface area (TPSA) is 74.5 Å². The number of aromatic nitrogens is 3. The Kier molecular flexibility index (Phi) is 5.61. The van der Waals surface area contributed by atoms with E-state index in [-0.39, 0.29) is 18.4 Å². The van der Waals surface area contributed by atoms with Crippen LogP contribution in [-0.4, -0.2) is 44.9 Å². The van der Waals surface area contributed by atoms with E-state index in [9.17, 15) is 18.3 Å². The van der Waals surface area contributed by atoms with Gasteiger partial charge in [-0.1, -0.05) is 0 Å². The lowest BCUT2D eigenvalue weighted by molar-refractivity contribution is -0.134.